The van der Waals surface area contributed by atoms with Crippen LogP contribution in [0.25, 0.3) is 0 Å². The van der Waals surface area contributed by atoms with Gasteiger partial charge in [0.05, 0.1) is 5.92 Å². The Morgan fingerprint density at radius 1 is 1.33 bits per heavy atom. The number of hydrogen-bond donors (Lipinski definition) is 0. The molecule has 0 spiro atoms. The van der Waals surface area contributed by atoms with Crippen LogP contribution in [0.1, 0.15) is 83.0 Å². The summed E-state index contributed by atoms with van der Waals surface area (Å²) >= 11 is 0. The molecule has 0 aromatic carbocycles. The molecule has 0 radical (unpaired) electrons. The lowest BCUT2D eigenvalue weighted by molar-refractivity contribution is -0.120. The molecule has 1 saturated carbocycles. The van der Waals surface area contributed by atoms with E-state index < -0.39 is 0 Å². The number of carbonyl (C=O) groups is 1. The van der Waals surface area contributed by atoms with Crippen molar-refractivity contribution in [2.45, 2.75) is 71.3 Å². The summed E-state index contributed by atoms with van der Waals surface area (Å²) < 4.78 is 11.2. The third kappa shape index (κ3) is 3.90. The van der Waals surface area contributed by atoms with Crippen molar-refractivity contribution in [2.24, 2.45) is 5.92 Å². The zero-order valence-corrected chi connectivity index (χ0v) is 13.3. The van der Waals surface area contributed by atoms with Crippen LogP contribution in [0.3, 0.4) is 0 Å². The van der Waals surface area contributed by atoms with E-state index in [1.54, 1.807) is 0 Å². The van der Waals surface area contributed by atoms with Crippen molar-refractivity contribution in [1.82, 2.24) is 10.1 Å². The fraction of sp³-hybridized carbons (Fsp3) is 0.812. The summed E-state index contributed by atoms with van der Waals surface area (Å²) in [6.45, 7) is 6.29. The van der Waals surface area contributed by atoms with Gasteiger partial charge in [0.2, 0.25) is 11.7 Å². The number of carbonyl (C=O) groups excluding carboxylic acids is 1. The van der Waals surface area contributed by atoms with Gasteiger partial charge in [-0.1, -0.05) is 31.3 Å². The Bertz CT molecular complexity index is 452. The Morgan fingerprint density at radius 3 is 2.67 bits per heavy atom. The van der Waals surface area contributed by atoms with Crippen molar-refractivity contribution in [1.29, 1.82) is 0 Å². The van der Waals surface area contributed by atoms with Crippen molar-refractivity contribution in [3.05, 3.63) is 11.7 Å². The van der Waals surface area contributed by atoms with Gasteiger partial charge in [-0.25, -0.2) is 0 Å². The van der Waals surface area contributed by atoms with E-state index >= 15 is 0 Å². The van der Waals surface area contributed by atoms with Crippen molar-refractivity contribution in [3.8, 4) is 0 Å². The molecule has 0 bridgehead atoms. The zero-order valence-electron chi connectivity index (χ0n) is 13.3. The van der Waals surface area contributed by atoms with Crippen LogP contribution >= 0.6 is 0 Å². The van der Waals surface area contributed by atoms with E-state index in [-0.39, 0.29) is 17.8 Å². The SMILES string of the molecule is CCOC(c1noc(C(C)C(=O)CC)n1)C1CCCCC1. The van der Waals surface area contributed by atoms with Gasteiger partial charge in [-0.2, -0.15) is 4.98 Å². The summed E-state index contributed by atoms with van der Waals surface area (Å²) in [4.78, 5) is 16.2. The first-order chi connectivity index (χ1) is 10.2. The van der Waals surface area contributed by atoms with Crippen LogP contribution in [0.4, 0.5) is 0 Å². The van der Waals surface area contributed by atoms with Gasteiger partial charge in [0.15, 0.2) is 0 Å². The number of ether oxygens (including phenoxy) is 1. The molecule has 21 heavy (non-hydrogen) atoms. The molecule has 5 heteroatoms. The maximum atomic E-state index is 11.8. The van der Waals surface area contributed by atoms with Crippen LogP contribution in [-0.4, -0.2) is 22.5 Å². The second kappa shape index (κ2) is 7.69. The van der Waals surface area contributed by atoms with E-state index in [2.05, 4.69) is 10.1 Å². The Morgan fingerprint density at radius 2 is 2.05 bits per heavy atom. The lowest BCUT2D eigenvalue weighted by Crippen LogP contribution is -2.20. The fourth-order valence-electron chi connectivity index (χ4n) is 3.02. The van der Waals surface area contributed by atoms with E-state index in [4.69, 9.17) is 9.26 Å². The van der Waals surface area contributed by atoms with Crippen molar-refractivity contribution < 1.29 is 14.1 Å². The van der Waals surface area contributed by atoms with Gasteiger partial charge in [-0.15, -0.1) is 0 Å². The van der Waals surface area contributed by atoms with Crippen LogP contribution in [0.5, 0.6) is 0 Å². The van der Waals surface area contributed by atoms with Crippen molar-refractivity contribution >= 4 is 5.78 Å². The van der Waals surface area contributed by atoms with Crippen molar-refractivity contribution in [3.63, 3.8) is 0 Å². The third-order valence-electron chi connectivity index (χ3n) is 4.34. The quantitative estimate of drug-likeness (QED) is 0.765. The van der Waals surface area contributed by atoms with Gasteiger partial charge in [-0.05, 0) is 32.6 Å². The number of rotatable bonds is 7. The van der Waals surface area contributed by atoms with Gasteiger partial charge in [0, 0.05) is 13.0 Å². The summed E-state index contributed by atoms with van der Waals surface area (Å²) in [5, 5.41) is 4.08. The number of Topliss-reactive ketones (excluding diaryl/α,β-unsaturated/α-hetero) is 1. The van der Waals surface area contributed by atoms with E-state index in [0.717, 1.165) is 12.8 Å². The van der Waals surface area contributed by atoms with Crippen molar-refractivity contribution in [2.75, 3.05) is 6.61 Å². The average molecular weight is 294 g/mol. The molecule has 0 N–H and O–H groups in total. The minimum Gasteiger partial charge on any atom is -0.370 e. The summed E-state index contributed by atoms with van der Waals surface area (Å²) in [5.41, 5.74) is 0. The van der Waals surface area contributed by atoms with E-state index in [1.165, 1.54) is 19.3 Å². The molecule has 118 valence electrons. The maximum Gasteiger partial charge on any atom is 0.237 e. The predicted molar refractivity (Wildman–Crippen MR) is 79.0 cm³/mol. The number of nitrogens with zero attached hydrogens (tertiary/aromatic N) is 2. The third-order valence-corrected chi connectivity index (χ3v) is 4.34. The van der Waals surface area contributed by atoms with Crippen LogP contribution in [0.2, 0.25) is 0 Å². The average Bonchev–Trinajstić information content (AvgIpc) is 3.01. The molecule has 1 aliphatic carbocycles. The maximum absolute atomic E-state index is 11.8. The molecule has 0 saturated heterocycles. The molecule has 1 heterocycles. The number of ketones is 1. The molecule has 5 nitrogen and oxygen atoms in total. The summed E-state index contributed by atoms with van der Waals surface area (Å²) in [7, 11) is 0. The predicted octanol–water partition coefficient (Wildman–Crippen LogP) is 3.81. The topological polar surface area (TPSA) is 65.2 Å². The highest BCUT2D eigenvalue weighted by atomic mass is 16.5. The Hall–Kier alpha value is -1.23. The smallest absolute Gasteiger partial charge is 0.237 e. The summed E-state index contributed by atoms with van der Waals surface area (Å²) in [6.07, 6.45) is 6.46. The van der Waals surface area contributed by atoms with Crippen LogP contribution < -0.4 is 0 Å². The Kier molecular flexibility index (Phi) is 5.91. The highest BCUT2D eigenvalue weighted by Gasteiger charge is 2.30. The molecule has 1 aliphatic rings. The van der Waals surface area contributed by atoms with Gasteiger partial charge in [0.1, 0.15) is 11.9 Å². The fourth-order valence-corrected chi connectivity index (χ4v) is 3.02. The molecule has 2 atom stereocenters. The molecule has 2 rings (SSSR count). The summed E-state index contributed by atoms with van der Waals surface area (Å²) in [6, 6.07) is 0. The molecule has 1 aromatic rings. The number of hydrogen-bond acceptors (Lipinski definition) is 5. The van der Waals surface area contributed by atoms with Crippen LogP contribution in [0.15, 0.2) is 4.52 Å². The zero-order chi connectivity index (χ0) is 15.2. The molecule has 0 aliphatic heterocycles. The monoisotopic (exact) mass is 294 g/mol. The first-order valence-corrected chi connectivity index (χ1v) is 8.15. The van der Waals surface area contributed by atoms with E-state index in [9.17, 15) is 4.79 Å². The Balaban J connectivity index is 2.13. The first kappa shape index (κ1) is 16.1. The molecular weight excluding hydrogens is 268 g/mol. The standard InChI is InChI=1S/C16H26N2O3/c1-4-13(19)11(3)16-17-15(18-21-16)14(20-5-2)12-9-7-6-8-10-12/h11-12,14H,4-10H2,1-3H3. The molecule has 1 fully saturated rings. The second-order valence-electron chi connectivity index (χ2n) is 5.81. The van der Waals surface area contributed by atoms with Gasteiger partial charge in [0.25, 0.3) is 0 Å². The minimum absolute atomic E-state index is 0.100. The largest absolute Gasteiger partial charge is 0.370 e. The Labute approximate surface area is 126 Å². The van der Waals surface area contributed by atoms with Gasteiger partial charge < -0.3 is 9.26 Å². The molecule has 0 amide bonds. The van der Waals surface area contributed by atoms with Gasteiger partial charge >= 0.3 is 0 Å². The van der Waals surface area contributed by atoms with E-state index in [0.29, 0.717) is 30.7 Å². The second-order valence-corrected chi connectivity index (χ2v) is 5.81. The summed E-state index contributed by atoms with van der Waals surface area (Å²) in [5.74, 6) is 1.27. The highest BCUT2D eigenvalue weighted by molar-refractivity contribution is 5.83. The van der Waals surface area contributed by atoms with E-state index in [1.807, 2.05) is 20.8 Å². The lowest BCUT2D eigenvalue weighted by atomic mass is 9.85. The first-order valence-electron chi connectivity index (χ1n) is 8.15. The molecule has 2 unspecified atom stereocenters. The molecular formula is C16H26N2O3. The number of aromatic nitrogens is 2. The van der Waals surface area contributed by atoms with Gasteiger partial charge in [-0.3, -0.25) is 4.79 Å². The molecule has 1 aromatic heterocycles. The highest BCUT2D eigenvalue weighted by Crippen LogP contribution is 2.36. The normalized spacial score (nSPS) is 19.4. The lowest BCUT2D eigenvalue weighted by Gasteiger charge is -2.27. The van der Waals surface area contributed by atoms with Crippen LogP contribution in [-0.2, 0) is 9.53 Å². The van der Waals surface area contributed by atoms with Crippen LogP contribution in [0, 0.1) is 5.92 Å². The minimum atomic E-state index is -0.329.